The monoisotopic (exact) mass is 431 g/mol. The molecule has 3 rings (SSSR count). The van der Waals surface area contributed by atoms with Crippen LogP contribution in [-0.2, 0) is 6.42 Å². The molecule has 2 heterocycles. The van der Waals surface area contributed by atoms with Crippen molar-refractivity contribution in [3.05, 3.63) is 52.0 Å². The molecule has 0 radical (unpaired) electrons. The van der Waals surface area contributed by atoms with E-state index in [1.54, 1.807) is 18.9 Å². The number of benzene rings is 1. The van der Waals surface area contributed by atoms with Crippen LogP contribution in [0.25, 0.3) is 10.9 Å². The van der Waals surface area contributed by atoms with Gasteiger partial charge in [-0.05, 0) is 47.7 Å². The number of fused-ring (bicyclic) bond motifs is 1. The van der Waals surface area contributed by atoms with Crippen LogP contribution < -0.4 is 9.64 Å². The Morgan fingerprint density at radius 2 is 1.92 bits per heavy atom. The molecule has 0 amide bonds. The van der Waals surface area contributed by atoms with Gasteiger partial charge in [-0.25, -0.2) is 9.97 Å². The summed E-state index contributed by atoms with van der Waals surface area (Å²) in [4.78, 5) is 11.4. The summed E-state index contributed by atoms with van der Waals surface area (Å²) in [5.41, 5.74) is 3.20. The maximum atomic E-state index is 5.56. The van der Waals surface area contributed by atoms with Gasteiger partial charge in [0.2, 0.25) is 5.88 Å². The predicted octanol–water partition coefficient (Wildman–Crippen LogP) is 5.17. The highest BCUT2D eigenvalue weighted by atomic mass is 79.9. The Morgan fingerprint density at radius 1 is 1.12 bits per heavy atom. The van der Waals surface area contributed by atoms with Crippen LogP contribution in [0.1, 0.15) is 18.1 Å². The van der Waals surface area contributed by atoms with Gasteiger partial charge in [0.05, 0.1) is 17.7 Å². The van der Waals surface area contributed by atoms with E-state index in [2.05, 4.69) is 52.1 Å². The summed E-state index contributed by atoms with van der Waals surface area (Å²) < 4.78 is 6.60. The van der Waals surface area contributed by atoms with Crippen LogP contribution in [-0.4, -0.2) is 36.9 Å². The number of thioether (sulfide) groups is 1. The van der Waals surface area contributed by atoms with E-state index in [-0.39, 0.29) is 0 Å². The maximum absolute atomic E-state index is 5.56. The van der Waals surface area contributed by atoms with Crippen LogP contribution in [0, 0.1) is 0 Å². The molecule has 0 saturated heterocycles. The molecule has 0 bridgehead atoms. The van der Waals surface area contributed by atoms with Crippen molar-refractivity contribution in [2.24, 2.45) is 0 Å². The van der Waals surface area contributed by atoms with Crippen LogP contribution in [0.15, 0.2) is 45.9 Å². The van der Waals surface area contributed by atoms with Crippen molar-refractivity contribution < 1.29 is 4.74 Å². The third-order valence-corrected chi connectivity index (χ3v) is 5.29. The van der Waals surface area contributed by atoms with Crippen molar-refractivity contribution in [2.75, 3.05) is 31.9 Å². The zero-order valence-electron chi connectivity index (χ0n) is 15.4. The lowest BCUT2D eigenvalue weighted by Crippen LogP contribution is -2.11. The summed E-state index contributed by atoms with van der Waals surface area (Å²) in [7, 11) is 5.71. The molecule has 0 fully saturated rings. The van der Waals surface area contributed by atoms with E-state index in [1.807, 2.05) is 31.1 Å². The third-order valence-electron chi connectivity index (χ3n) is 4.00. The fraction of sp³-hybridized carbons (Fsp3) is 0.300. The van der Waals surface area contributed by atoms with Gasteiger partial charge >= 0.3 is 0 Å². The first-order valence-corrected chi connectivity index (χ1v) is 10.2. The average molecular weight is 432 g/mol. The van der Waals surface area contributed by atoms with Crippen LogP contribution in [0.5, 0.6) is 5.88 Å². The van der Waals surface area contributed by atoms with Gasteiger partial charge in [-0.15, -0.1) is 11.8 Å². The molecular formula is C20H22BrN3OS. The van der Waals surface area contributed by atoms with Crippen LogP contribution in [0.3, 0.4) is 0 Å². The molecule has 0 atom stereocenters. The number of anilines is 1. The van der Waals surface area contributed by atoms with E-state index in [0.29, 0.717) is 5.88 Å². The maximum Gasteiger partial charge on any atom is 0.217 e. The van der Waals surface area contributed by atoms with Gasteiger partial charge in [0.15, 0.2) is 0 Å². The number of ether oxygens (including phenoxy) is 1. The molecule has 26 heavy (non-hydrogen) atoms. The number of nitrogens with zero attached hydrogens (tertiary/aromatic N) is 3. The Labute approximate surface area is 167 Å². The second kappa shape index (κ2) is 8.27. The summed E-state index contributed by atoms with van der Waals surface area (Å²) in [5.74, 6) is 2.64. The SMILES string of the molecule is CCSc1cc(Cc2cc3cc(Br)ccc3nc2OC)cc(N(C)C)n1. The Bertz CT molecular complexity index is 930. The van der Waals surface area contributed by atoms with E-state index in [9.17, 15) is 0 Å². The van der Waals surface area contributed by atoms with Crippen molar-refractivity contribution >= 4 is 44.4 Å². The number of hydrogen-bond acceptors (Lipinski definition) is 5. The molecule has 1 aromatic carbocycles. The highest BCUT2D eigenvalue weighted by molar-refractivity contribution is 9.10. The first-order valence-electron chi connectivity index (χ1n) is 8.44. The zero-order chi connectivity index (χ0) is 18.7. The fourth-order valence-corrected chi connectivity index (χ4v) is 3.86. The Balaban J connectivity index is 2.04. The zero-order valence-corrected chi connectivity index (χ0v) is 17.8. The molecule has 0 aliphatic heterocycles. The quantitative estimate of drug-likeness (QED) is 0.503. The summed E-state index contributed by atoms with van der Waals surface area (Å²) in [5, 5.41) is 2.14. The summed E-state index contributed by atoms with van der Waals surface area (Å²) in [6, 6.07) is 12.5. The molecule has 4 nitrogen and oxygen atoms in total. The van der Waals surface area contributed by atoms with Gasteiger partial charge in [0.25, 0.3) is 0 Å². The lowest BCUT2D eigenvalue weighted by molar-refractivity contribution is 0.395. The minimum Gasteiger partial charge on any atom is -0.481 e. The van der Waals surface area contributed by atoms with E-state index in [0.717, 1.165) is 44.0 Å². The van der Waals surface area contributed by atoms with Crippen molar-refractivity contribution in [3.8, 4) is 5.88 Å². The normalized spacial score (nSPS) is 11.0. The highest BCUT2D eigenvalue weighted by Crippen LogP contribution is 2.29. The molecule has 2 aromatic heterocycles. The van der Waals surface area contributed by atoms with Crippen LogP contribution in [0.4, 0.5) is 5.82 Å². The predicted molar refractivity (Wildman–Crippen MR) is 114 cm³/mol. The second-order valence-electron chi connectivity index (χ2n) is 6.17. The molecule has 0 saturated carbocycles. The number of rotatable bonds is 6. The minimum absolute atomic E-state index is 0.674. The molecule has 136 valence electrons. The van der Waals surface area contributed by atoms with Crippen LogP contribution in [0.2, 0.25) is 0 Å². The smallest absolute Gasteiger partial charge is 0.217 e. The molecular weight excluding hydrogens is 410 g/mol. The first kappa shape index (κ1) is 19.0. The highest BCUT2D eigenvalue weighted by Gasteiger charge is 2.11. The lowest BCUT2D eigenvalue weighted by atomic mass is 10.0. The number of pyridine rings is 2. The Hall–Kier alpha value is -1.79. The molecule has 0 aliphatic rings. The van der Waals surface area contributed by atoms with Gasteiger partial charge in [0, 0.05) is 35.9 Å². The third kappa shape index (κ3) is 4.30. The summed E-state index contributed by atoms with van der Waals surface area (Å²) in [6.45, 7) is 2.14. The number of hydrogen-bond donors (Lipinski definition) is 0. The summed E-state index contributed by atoms with van der Waals surface area (Å²) >= 11 is 5.29. The van der Waals surface area contributed by atoms with Gasteiger partial charge in [-0.1, -0.05) is 22.9 Å². The molecule has 0 aliphatic carbocycles. The second-order valence-corrected chi connectivity index (χ2v) is 8.37. The first-order chi connectivity index (χ1) is 12.5. The molecule has 0 N–H and O–H groups in total. The molecule has 3 aromatic rings. The van der Waals surface area contributed by atoms with Gasteiger partial charge < -0.3 is 9.64 Å². The van der Waals surface area contributed by atoms with Crippen molar-refractivity contribution in [2.45, 2.75) is 18.4 Å². The average Bonchev–Trinajstić information content (AvgIpc) is 2.61. The number of methoxy groups -OCH3 is 1. The molecule has 0 unspecified atom stereocenters. The van der Waals surface area contributed by atoms with Crippen molar-refractivity contribution in [3.63, 3.8) is 0 Å². The lowest BCUT2D eigenvalue weighted by Gasteiger charge is -2.15. The van der Waals surface area contributed by atoms with E-state index in [4.69, 9.17) is 9.72 Å². The standard InChI is InChI=1S/C20H22BrN3OS/c1-5-26-19-10-13(9-18(23-19)24(2)3)8-15-11-14-12-16(21)6-7-17(14)22-20(15)25-4/h6-7,9-12H,5,8H2,1-4H3. The van der Waals surface area contributed by atoms with Crippen LogP contribution >= 0.6 is 27.7 Å². The van der Waals surface area contributed by atoms with Gasteiger partial charge in [-0.3, -0.25) is 0 Å². The van der Waals surface area contributed by atoms with Crippen molar-refractivity contribution in [1.82, 2.24) is 9.97 Å². The molecule has 0 spiro atoms. The van der Waals surface area contributed by atoms with Gasteiger partial charge in [-0.2, -0.15) is 0 Å². The molecule has 6 heteroatoms. The van der Waals surface area contributed by atoms with E-state index in [1.165, 1.54) is 5.56 Å². The Kier molecular flexibility index (Phi) is 6.04. The number of aromatic nitrogens is 2. The fourth-order valence-electron chi connectivity index (χ4n) is 2.79. The largest absolute Gasteiger partial charge is 0.481 e. The van der Waals surface area contributed by atoms with Gasteiger partial charge in [0.1, 0.15) is 5.82 Å². The topological polar surface area (TPSA) is 38.2 Å². The summed E-state index contributed by atoms with van der Waals surface area (Å²) in [6.07, 6.45) is 0.749. The Morgan fingerprint density at radius 3 is 2.62 bits per heavy atom. The van der Waals surface area contributed by atoms with Crippen molar-refractivity contribution in [1.29, 1.82) is 0 Å². The number of halogens is 1. The minimum atomic E-state index is 0.674. The van der Waals surface area contributed by atoms with E-state index < -0.39 is 0 Å². The van der Waals surface area contributed by atoms with E-state index >= 15 is 0 Å².